The number of carbonyl (C=O) groups is 1. The maximum absolute atomic E-state index is 11.1. The van der Waals surface area contributed by atoms with Gasteiger partial charge in [0.1, 0.15) is 4.88 Å². The van der Waals surface area contributed by atoms with Gasteiger partial charge in [-0.2, -0.15) is 0 Å². The molecule has 0 atom stereocenters. The summed E-state index contributed by atoms with van der Waals surface area (Å²) in [6.45, 7) is 0. The van der Waals surface area contributed by atoms with E-state index in [1.165, 1.54) is 36.0 Å². The van der Waals surface area contributed by atoms with Gasteiger partial charge in [0.05, 0.1) is 13.3 Å². The van der Waals surface area contributed by atoms with Crippen LogP contribution in [0.4, 0.5) is 0 Å². The summed E-state index contributed by atoms with van der Waals surface area (Å²) in [6, 6.07) is 0. The third-order valence-electron chi connectivity index (χ3n) is 1.51. The minimum atomic E-state index is -0.356. The Hall–Kier alpha value is -1.27. The molecule has 0 aliphatic rings. The van der Waals surface area contributed by atoms with Crippen LogP contribution in [0.5, 0.6) is 0 Å². The molecule has 0 amide bonds. The predicted octanol–water partition coefficient (Wildman–Crippen LogP) is 2.05. The zero-order valence-electron chi connectivity index (χ0n) is 7.26. The molecule has 2 aromatic heterocycles. The zero-order chi connectivity index (χ0) is 9.97. The zero-order valence-corrected chi connectivity index (χ0v) is 8.89. The first-order valence-electron chi connectivity index (χ1n) is 3.75. The van der Waals surface area contributed by atoms with E-state index in [1.54, 1.807) is 6.20 Å². The van der Waals surface area contributed by atoms with E-state index in [1.807, 2.05) is 5.38 Å². The summed E-state index contributed by atoms with van der Waals surface area (Å²) in [5, 5.41) is 3.44. The van der Waals surface area contributed by atoms with Crippen molar-refractivity contribution in [2.45, 2.75) is 0 Å². The van der Waals surface area contributed by atoms with Crippen molar-refractivity contribution in [3.63, 3.8) is 0 Å². The van der Waals surface area contributed by atoms with Crippen LogP contribution in [0.3, 0.4) is 0 Å². The number of aromatic nitrogens is 2. The van der Waals surface area contributed by atoms with Gasteiger partial charge in [-0.3, -0.25) is 0 Å². The van der Waals surface area contributed by atoms with Crippen LogP contribution in [-0.2, 0) is 4.74 Å². The van der Waals surface area contributed by atoms with E-state index >= 15 is 0 Å². The van der Waals surface area contributed by atoms with Crippen molar-refractivity contribution in [3.8, 4) is 10.0 Å². The van der Waals surface area contributed by atoms with Crippen LogP contribution in [0, 0.1) is 0 Å². The van der Waals surface area contributed by atoms with Crippen molar-refractivity contribution in [2.75, 3.05) is 7.11 Å². The lowest BCUT2D eigenvalue weighted by molar-refractivity contribution is 0.0606. The average molecular weight is 226 g/mol. The third-order valence-corrected chi connectivity index (χ3v) is 3.40. The highest BCUT2D eigenvalue weighted by Gasteiger charge is 2.12. The van der Waals surface area contributed by atoms with Crippen LogP contribution >= 0.6 is 22.7 Å². The fraction of sp³-hybridized carbons (Fsp3) is 0.125. The van der Waals surface area contributed by atoms with Gasteiger partial charge >= 0.3 is 5.97 Å². The Morgan fingerprint density at radius 1 is 1.43 bits per heavy atom. The number of hydrogen-bond donors (Lipinski definition) is 0. The van der Waals surface area contributed by atoms with Crippen molar-refractivity contribution in [1.29, 1.82) is 0 Å². The van der Waals surface area contributed by atoms with Gasteiger partial charge in [-0.1, -0.05) is 0 Å². The molecule has 0 bridgehead atoms. The van der Waals surface area contributed by atoms with Crippen molar-refractivity contribution < 1.29 is 9.53 Å². The first-order valence-corrected chi connectivity index (χ1v) is 5.45. The molecule has 2 heterocycles. The molecule has 0 N–H and O–H groups in total. The molecular formula is C8H6N2O2S2. The molecule has 0 fully saturated rings. The largest absolute Gasteiger partial charge is 0.465 e. The topological polar surface area (TPSA) is 52.1 Å². The van der Waals surface area contributed by atoms with Gasteiger partial charge in [0, 0.05) is 11.6 Å². The van der Waals surface area contributed by atoms with Gasteiger partial charge in [0.15, 0.2) is 10.0 Å². The maximum Gasteiger partial charge on any atom is 0.349 e. The van der Waals surface area contributed by atoms with E-state index in [0.29, 0.717) is 4.88 Å². The second-order valence-electron chi connectivity index (χ2n) is 2.36. The molecule has 0 spiro atoms. The Balaban J connectivity index is 2.31. The number of rotatable bonds is 2. The van der Waals surface area contributed by atoms with Crippen molar-refractivity contribution in [2.24, 2.45) is 0 Å². The summed E-state index contributed by atoms with van der Waals surface area (Å²) >= 11 is 2.78. The number of methoxy groups -OCH3 is 1. The number of carbonyl (C=O) groups excluding carboxylic acids is 1. The summed E-state index contributed by atoms with van der Waals surface area (Å²) in [4.78, 5) is 19.8. The van der Waals surface area contributed by atoms with Gasteiger partial charge in [0.25, 0.3) is 0 Å². The highest BCUT2D eigenvalue weighted by molar-refractivity contribution is 7.21. The molecule has 0 saturated heterocycles. The van der Waals surface area contributed by atoms with E-state index in [9.17, 15) is 4.79 Å². The number of hydrogen-bond acceptors (Lipinski definition) is 6. The SMILES string of the molecule is COC(=O)c1cnc(-c2nccs2)s1. The third kappa shape index (κ3) is 1.66. The molecule has 14 heavy (non-hydrogen) atoms. The Kier molecular flexibility index (Phi) is 2.55. The first kappa shape index (κ1) is 9.29. The van der Waals surface area contributed by atoms with Crippen LogP contribution in [0.2, 0.25) is 0 Å². The van der Waals surface area contributed by atoms with Crippen molar-refractivity contribution >= 4 is 28.6 Å². The number of nitrogens with zero attached hydrogens (tertiary/aromatic N) is 2. The molecule has 0 unspecified atom stereocenters. The minimum Gasteiger partial charge on any atom is -0.465 e. The molecular weight excluding hydrogens is 220 g/mol. The minimum absolute atomic E-state index is 0.356. The molecule has 2 rings (SSSR count). The molecule has 72 valence electrons. The molecule has 0 aliphatic carbocycles. The maximum atomic E-state index is 11.1. The van der Waals surface area contributed by atoms with Crippen LogP contribution in [0.1, 0.15) is 9.67 Å². The summed E-state index contributed by atoms with van der Waals surface area (Å²) in [6.07, 6.45) is 3.21. The van der Waals surface area contributed by atoms with Crippen molar-refractivity contribution in [1.82, 2.24) is 9.97 Å². The molecule has 6 heteroatoms. The van der Waals surface area contributed by atoms with Gasteiger partial charge < -0.3 is 4.74 Å². The lowest BCUT2D eigenvalue weighted by Gasteiger charge is -1.90. The predicted molar refractivity (Wildman–Crippen MR) is 54.6 cm³/mol. The quantitative estimate of drug-likeness (QED) is 0.735. The fourth-order valence-corrected chi connectivity index (χ4v) is 2.42. The lowest BCUT2D eigenvalue weighted by Crippen LogP contribution is -1.96. The molecule has 0 aliphatic heterocycles. The fourth-order valence-electron chi connectivity index (χ4n) is 0.897. The molecule has 4 nitrogen and oxygen atoms in total. The molecule has 0 aromatic carbocycles. The van der Waals surface area contributed by atoms with Crippen LogP contribution in [0.25, 0.3) is 10.0 Å². The highest BCUT2D eigenvalue weighted by atomic mass is 32.1. The van der Waals surface area contributed by atoms with E-state index in [-0.39, 0.29) is 5.97 Å². The Labute approximate surface area is 88.2 Å². The second kappa shape index (κ2) is 3.85. The molecule has 0 saturated carbocycles. The van der Waals surface area contributed by atoms with E-state index in [0.717, 1.165) is 10.0 Å². The number of esters is 1. The summed E-state index contributed by atoms with van der Waals surface area (Å²) in [5.74, 6) is -0.356. The summed E-state index contributed by atoms with van der Waals surface area (Å²) in [5.41, 5.74) is 0. The lowest BCUT2D eigenvalue weighted by atomic mass is 10.6. The Morgan fingerprint density at radius 3 is 2.93 bits per heavy atom. The summed E-state index contributed by atoms with van der Waals surface area (Å²) in [7, 11) is 1.35. The number of ether oxygens (including phenoxy) is 1. The molecule has 0 radical (unpaired) electrons. The standard InChI is InChI=1S/C8H6N2O2S2/c1-12-8(11)5-4-10-7(14-5)6-9-2-3-13-6/h2-4H,1H3. The van der Waals surface area contributed by atoms with E-state index in [2.05, 4.69) is 14.7 Å². The van der Waals surface area contributed by atoms with Crippen LogP contribution < -0.4 is 0 Å². The van der Waals surface area contributed by atoms with Gasteiger partial charge in [-0.15, -0.1) is 22.7 Å². The monoisotopic (exact) mass is 226 g/mol. The Morgan fingerprint density at radius 2 is 2.29 bits per heavy atom. The van der Waals surface area contributed by atoms with E-state index in [4.69, 9.17) is 0 Å². The second-order valence-corrected chi connectivity index (χ2v) is 4.28. The van der Waals surface area contributed by atoms with E-state index < -0.39 is 0 Å². The smallest absolute Gasteiger partial charge is 0.349 e. The number of thiazole rings is 2. The summed E-state index contributed by atoms with van der Waals surface area (Å²) < 4.78 is 4.58. The van der Waals surface area contributed by atoms with Crippen molar-refractivity contribution in [3.05, 3.63) is 22.7 Å². The Bertz CT molecular complexity index is 436. The van der Waals surface area contributed by atoms with Gasteiger partial charge in [-0.05, 0) is 0 Å². The van der Waals surface area contributed by atoms with Crippen LogP contribution in [-0.4, -0.2) is 23.0 Å². The van der Waals surface area contributed by atoms with Crippen LogP contribution in [0.15, 0.2) is 17.8 Å². The normalized spacial score (nSPS) is 10.1. The van der Waals surface area contributed by atoms with Gasteiger partial charge in [-0.25, -0.2) is 14.8 Å². The highest BCUT2D eigenvalue weighted by Crippen LogP contribution is 2.26. The molecule has 2 aromatic rings. The first-order chi connectivity index (χ1) is 6.81. The average Bonchev–Trinajstić information content (AvgIpc) is 2.86. The van der Waals surface area contributed by atoms with Gasteiger partial charge in [0.2, 0.25) is 0 Å².